The minimum absolute atomic E-state index is 0.00827. The fraction of sp³-hybridized carbons (Fsp3) is 0.444. The van der Waals surface area contributed by atoms with Crippen molar-refractivity contribution in [3.05, 3.63) is 42.5 Å². The third-order valence-electron chi connectivity index (χ3n) is 4.39. The van der Waals surface area contributed by atoms with E-state index >= 15 is 0 Å². The van der Waals surface area contributed by atoms with Crippen LogP contribution in [-0.4, -0.2) is 49.4 Å². The highest BCUT2D eigenvalue weighted by molar-refractivity contribution is 7.89. The lowest BCUT2D eigenvalue weighted by atomic mass is 9.97. The summed E-state index contributed by atoms with van der Waals surface area (Å²) >= 11 is 0. The first-order valence-electron chi connectivity index (χ1n) is 8.58. The Morgan fingerprint density at radius 3 is 2.81 bits per heavy atom. The Labute approximate surface area is 153 Å². The largest absolute Gasteiger partial charge is 0.481 e. The number of hydrogen-bond acceptors (Lipinski definition) is 4. The van der Waals surface area contributed by atoms with E-state index in [1.807, 2.05) is 0 Å². The molecule has 8 heteroatoms. The monoisotopic (exact) mass is 380 g/mol. The second-order valence-corrected chi connectivity index (χ2v) is 8.02. The lowest BCUT2D eigenvalue weighted by Crippen LogP contribution is -2.44. The molecule has 0 bridgehead atoms. The minimum Gasteiger partial charge on any atom is -0.481 e. The van der Waals surface area contributed by atoms with Crippen molar-refractivity contribution in [2.45, 2.75) is 43.0 Å². The summed E-state index contributed by atoms with van der Waals surface area (Å²) in [5.41, 5.74) is 0.286. The van der Waals surface area contributed by atoms with Crippen LogP contribution in [0.15, 0.2) is 41.8 Å². The zero-order chi connectivity index (χ0) is 19.2. The Kier molecular flexibility index (Phi) is 6.93. The molecule has 1 fully saturated rings. The van der Waals surface area contributed by atoms with Gasteiger partial charge in [-0.1, -0.05) is 12.1 Å². The zero-order valence-electron chi connectivity index (χ0n) is 14.6. The highest BCUT2D eigenvalue weighted by Crippen LogP contribution is 2.24. The fourth-order valence-corrected chi connectivity index (χ4v) is 4.12. The van der Waals surface area contributed by atoms with Gasteiger partial charge >= 0.3 is 5.97 Å². The van der Waals surface area contributed by atoms with E-state index in [9.17, 15) is 18.0 Å². The van der Waals surface area contributed by atoms with Gasteiger partial charge in [0.05, 0.1) is 4.90 Å². The molecule has 0 aliphatic carbocycles. The van der Waals surface area contributed by atoms with Gasteiger partial charge in [-0.3, -0.25) is 9.59 Å². The molecule has 0 radical (unpaired) electrons. The van der Waals surface area contributed by atoms with Crippen molar-refractivity contribution < 1.29 is 23.1 Å². The van der Waals surface area contributed by atoms with E-state index in [1.54, 1.807) is 11.0 Å². The average molecular weight is 380 g/mol. The quantitative estimate of drug-likeness (QED) is 0.672. The number of amides is 1. The minimum atomic E-state index is -3.71. The van der Waals surface area contributed by atoms with Crippen LogP contribution in [0, 0.1) is 0 Å². The van der Waals surface area contributed by atoms with Gasteiger partial charge in [0, 0.05) is 31.1 Å². The van der Waals surface area contributed by atoms with Crippen LogP contribution >= 0.6 is 0 Å². The summed E-state index contributed by atoms with van der Waals surface area (Å²) in [7, 11) is -3.71. The van der Waals surface area contributed by atoms with Crippen LogP contribution in [0.25, 0.3) is 0 Å². The van der Waals surface area contributed by atoms with Crippen molar-refractivity contribution in [3.8, 4) is 0 Å². The lowest BCUT2D eigenvalue weighted by Gasteiger charge is -2.35. The van der Waals surface area contributed by atoms with Crippen LogP contribution < -0.4 is 4.72 Å². The van der Waals surface area contributed by atoms with Gasteiger partial charge in [0.15, 0.2) is 0 Å². The number of nitrogens with zero attached hydrogens (tertiary/aromatic N) is 1. The third-order valence-corrected chi connectivity index (χ3v) is 5.81. The van der Waals surface area contributed by atoms with E-state index in [1.165, 1.54) is 24.3 Å². The molecule has 2 N–H and O–H groups in total. The fourth-order valence-electron chi connectivity index (χ4n) is 3.07. The Morgan fingerprint density at radius 1 is 1.35 bits per heavy atom. The van der Waals surface area contributed by atoms with E-state index in [0.29, 0.717) is 13.0 Å². The zero-order valence-corrected chi connectivity index (χ0v) is 15.4. The Bertz CT molecular complexity index is 776. The first kappa shape index (κ1) is 20.1. The molecular formula is C18H24N2O5S. The highest BCUT2D eigenvalue weighted by Gasteiger charge is 2.28. The van der Waals surface area contributed by atoms with E-state index < -0.39 is 16.0 Å². The molecule has 1 saturated heterocycles. The van der Waals surface area contributed by atoms with Gasteiger partial charge in [-0.05, 0) is 43.9 Å². The maximum Gasteiger partial charge on any atom is 0.303 e. The number of likely N-dealkylation sites (tertiary alicyclic amines) is 1. The van der Waals surface area contributed by atoms with E-state index in [0.717, 1.165) is 19.3 Å². The number of hydrogen-bond donors (Lipinski definition) is 2. The first-order valence-corrected chi connectivity index (χ1v) is 10.1. The molecule has 1 amide bonds. The van der Waals surface area contributed by atoms with Crippen molar-refractivity contribution in [2.24, 2.45) is 0 Å². The molecule has 1 atom stereocenters. The molecule has 0 aromatic heterocycles. The van der Waals surface area contributed by atoms with Gasteiger partial charge in [-0.15, -0.1) is 6.58 Å². The van der Waals surface area contributed by atoms with Crippen LogP contribution in [0.3, 0.4) is 0 Å². The number of carboxylic acid groups (broad SMARTS) is 1. The number of nitrogens with one attached hydrogen (secondary N) is 1. The van der Waals surface area contributed by atoms with Gasteiger partial charge < -0.3 is 10.0 Å². The molecule has 1 aromatic rings. The summed E-state index contributed by atoms with van der Waals surface area (Å²) in [6.45, 7) is 4.12. The summed E-state index contributed by atoms with van der Waals surface area (Å²) in [5.74, 6) is -1.15. The summed E-state index contributed by atoms with van der Waals surface area (Å²) in [4.78, 5) is 25.4. The smallest absolute Gasteiger partial charge is 0.303 e. The van der Waals surface area contributed by atoms with Crippen molar-refractivity contribution in [3.63, 3.8) is 0 Å². The summed E-state index contributed by atoms with van der Waals surface area (Å²) < 4.78 is 26.8. The van der Waals surface area contributed by atoms with Crippen molar-refractivity contribution >= 4 is 21.9 Å². The number of rotatable bonds is 8. The molecule has 1 aromatic carbocycles. The third kappa shape index (κ3) is 5.15. The number of carboxylic acids is 1. The van der Waals surface area contributed by atoms with Crippen LogP contribution in [0.4, 0.5) is 0 Å². The Hall–Kier alpha value is -2.19. The van der Waals surface area contributed by atoms with Gasteiger partial charge in [-0.25, -0.2) is 13.1 Å². The number of carbonyl (C=O) groups is 2. The number of benzene rings is 1. The number of carbonyl (C=O) groups excluding carboxylic acids is 1. The summed E-state index contributed by atoms with van der Waals surface area (Å²) in [6.07, 6.45) is 4.42. The normalized spacial score (nSPS) is 17.7. The molecule has 26 heavy (non-hydrogen) atoms. The molecule has 0 spiro atoms. The van der Waals surface area contributed by atoms with Crippen LogP contribution in [0.1, 0.15) is 42.5 Å². The molecule has 1 aliphatic rings. The van der Waals surface area contributed by atoms with Gasteiger partial charge in [0.2, 0.25) is 10.0 Å². The molecule has 1 aliphatic heterocycles. The van der Waals surface area contributed by atoms with Crippen molar-refractivity contribution in [2.75, 3.05) is 13.1 Å². The number of aliphatic carboxylic acids is 1. The predicted molar refractivity (Wildman–Crippen MR) is 97.4 cm³/mol. The lowest BCUT2D eigenvalue weighted by molar-refractivity contribution is -0.137. The summed E-state index contributed by atoms with van der Waals surface area (Å²) in [6, 6.07) is 5.77. The number of piperidine rings is 1. The van der Waals surface area contributed by atoms with E-state index in [2.05, 4.69) is 11.3 Å². The molecule has 7 nitrogen and oxygen atoms in total. The van der Waals surface area contributed by atoms with Crippen molar-refractivity contribution in [1.29, 1.82) is 0 Å². The highest BCUT2D eigenvalue weighted by atomic mass is 32.2. The number of sulfonamides is 1. The van der Waals surface area contributed by atoms with Gasteiger partial charge in [0.1, 0.15) is 0 Å². The molecular weight excluding hydrogens is 356 g/mol. The molecule has 142 valence electrons. The second kappa shape index (κ2) is 8.95. The van der Waals surface area contributed by atoms with Gasteiger partial charge in [-0.2, -0.15) is 0 Å². The maximum atomic E-state index is 12.9. The second-order valence-electron chi connectivity index (χ2n) is 6.25. The van der Waals surface area contributed by atoms with E-state index in [-0.39, 0.29) is 35.4 Å². The maximum absolute atomic E-state index is 12.9. The predicted octanol–water partition coefficient (Wildman–Crippen LogP) is 2.01. The molecule has 2 rings (SSSR count). The molecule has 0 saturated carbocycles. The van der Waals surface area contributed by atoms with Crippen LogP contribution in [-0.2, 0) is 14.8 Å². The van der Waals surface area contributed by atoms with Gasteiger partial charge in [0.25, 0.3) is 5.91 Å². The van der Waals surface area contributed by atoms with Crippen molar-refractivity contribution in [1.82, 2.24) is 9.62 Å². The summed E-state index contributed by atoms with van der Waals surface area (Å²) in [5, 5.41) is 8.90. The molecule has 1 unspecified atom stereocenters. The van der Waals surface area contributed by atoms with Crippen LogP contribution in [0.2, 0.25) is 0 Å². The molecule has 1 heterocycles. The Balaban J connectivity index is 2.21. The standard InChI is InChI=1S/C18H24N2O5S/c1-2-11-19-26(24,25)16-8-5-6-14(13-16)18(23)20-12-4-3-7-15(20)9-10-17(21)22/h2,5-6,8,13,15,19H,1,3-4,7,9-12H2,(H,21,22). The average Bonchev–Trinajstić information content (AvgIpc) is 2.64. The van der Waals surface area contributed by atoms with Crippen LogP contribution in [0.5, 0.6) is 0 Å². The topological polar surface area (TPSA) is 104 Å². The first-order chi connectivity index (χ1) is 12.3. The van der Waals surface area contributed by atoms with E-state index in [4.69, 9.17) is 5.11 Å². The Morgan fingerprint density at radius 2 is 2.12 bits per heavy atom. The SMILES string of the molecule is C=CCNS(=O)(=O)c1cccc(C(=O)N2CCCCC2CCC(=O)O)c1.